The molecule has 2 N–H and O–H groups in total. The van der Waals surface area contributed by atoms with Crippen LogP contribution in [-0.2, 0) is 14.6 Å². The molecule has 2 aliphatic rings. The maximum absolute atomic E-state index is 13.0. The molecule has 0 spiro atoms. The molecule has 0 aromatic carbocycles. The van der Waals surface area contributed by atoms with Gasteiger partial charge in [-0.25, -0.2) is 8.42 Å². The second kappa shape index (κ2) is 8.67. The second-order valence-corrected chi connectivity index (χ2v) is 9.54. The molecule has 1 saturated carbocycles. The van der Waals surface area contributed by atoms with E-state index in [1.165, 1.54) is 0 Å². The normalized spacial score (nSPS) is 24.5. The van der Waals surface area contributed by atoms with E-state index in [4.69, 9.17) is 5.73 Å². The zero-order chi connectivity index (χ0) is 16.3. The van der Waals surface area contributed by atoms with Crippen molar-refractivity contribution in [1.29, 1.82) is 0 Å². The maximum atomic E-state index is 13.0. The Morgan fingerprint density at radius 1 is 1.17 bits per heavy atom. The molecule has 2 fully saturated rings. The van der Waals surface area contributed by atoms with Gasteiger partial charge >= 0.3 is 0 Å². The monoisotopic (exact) mass is 366 g/mol. The minimum atomic E-state index is -3.41. The average Bonchev–Trinajstić information content (AvgIpc) is 2.96. The molecular formula is C16H31ClN2O3S. The van der Waals surface area contributed by atoms with Gasteiger partial charge in [-0.15, -0.1) is 12.4 Å². The van der Waals surface area contributed by atoms with Gasteiger partial charge in [0.05, 0.1) is 5.25 Å². The maximum Gasteiger partial charge on any atom is 0.241 e. The Morgan fingerprint density at radius 3 is 2.26 bits per heavy atom. The van der Waals surface area contributed by atoms with Crippen LogP contribution in [0, 0.1) is 11.8 Å². The first kappa shape index (κ1) is 20.7. The highest BCUT2D eigenvalue weighted by Crippen LogP contribution is 2.30. The standard InChI is InChI=1S/C16H30N2O3S.ClH/c1-12(2)15(16(19)18-9-8-13(10-17)11-18)22(20,21)14-6-4-3-5-7-14;/h12-15H,3-11,17H2,1-2H3;1H. The van der Waals surface area contributed by atoms with Gasteiger partial charge in [0.25, 0.3) is 0 Å². The Labute approximate surface area is 146 Å². The van der Waals surface area contributed by atoms with Crippen LogP contribution in [0.4, 0.5) is 0 Å². The fourth-order valence-corrected chi connectivity index (χ4v) is 6.41. The van der Waals surface area contributed by atoms with Crippen LogP contribution >= 0.6 is 12.4 Å². The van der Waals surface area contributed by atoms with Crippen LogP contribution in [0.25, 0.3) is 0 Å². The van der Waals surface area contributed by atoms with Crippen molar-refractivity contribution in [2.45, 2.75) is 62.9 Å². The third-order valence-corrected chi connectivity index (χ3v) is 8.01. The number of rotatable bonds is 5. The quantitative estimate of drug-likeness (QED) is 0.806. The number of nitrogens with zero attached hydrogens (tertiary/aromatic N) is 1. The summed E-state index contributed by atoms with van der Waals surface area (Å²) in [4.78, 5) is 14.6. The van der Waals surface area contributed by atoms with Gasteiger partial charge in [0.1, 0.15) is 5.25 Å². The molecule has 7 heteroatoms. The Bertz CT molecular complexity index is 490. The van der Waals surface area contributed by atoms with Crippen LogP contribution < -0.4 is 5.73 Å². The van der Waals surface area contributed by atoms with Crippen molar-refractivity contribution in [2.75, 3.05) is 19.6 Å². The molecule has 1 aliphatic carbocycles. The number of nitrogens with two attached hydrogens (primary N) is 1. The van der Waals surface area contributed by atoms with E-state index < -0.39 is 15.1 Å². The SMILES string of the molecule is CC(C)C(C(=O)N1CCC(CN)C1)S(=O)(=O)C1CCCCC1.Cl. The summed E-state index contributed by atoms with van der Waals surface area (Å²) >= 11 is 0. The molecule has 0 bridgehead atoms. The highest BCUT2D eigenvalue weighted by molar-refractivity contribution is 7.93. The number of halogens is 1. The Balaban J connectivity index is 0.00000264. The lowest BCUT2D eigenvalue weighted by atomic mass is 10.0. The van der Waals surface area contributed by atoms with Gasteiger partial charge in [0.2, 0.25) is 5.91 Å². The van der Waals surface area contributed by atoms with E-state index in [0.29, 0.717) is 38.4 Å². The molecule has 1 aliphatic heterocycles. The molecule has 0 aromatic heterocycles. The first-order chi connectivity index (χ1) is 10.4. The first-order valence-corrected chi connectivity index (χ1v) is 10.2. The molecule has 1 amide bonds. The summed E-state index contributed by atoms with van der Waals surface area (Å²) in [6, 6.07) is 0. The minimum Gasteiger partial charge on any atom is -0.341 e. The summed E-state index contributed by atoms with van der Waals surface area (Å²) in [7, 11) is -3.41. The van der Waals surface area contributed by atoms with E-state index in [1.54, 1.807) is 4.90 Å². The average molecular weight is 367 g/mol. The molecule has 23 heavy (non-hydrogen) atoms. The van der Waals surface area contributed by atoms with Crippen molar-refractivity contribution in [3.8, 4) is 0 Å². The van der Waals surface area contributed by atoms with E-state index >= 15 is 0 Å². The van der Waals surface area contributed by atoms with E-state index in [0.717, 1.165) is 25.7 Å². The van der Waals surface area contributed by atoms with Crippen molar-refractivity contribution in [2.24, 2.45) is 17.6 Å². The number of amides is 1. The summed E-state index contributed by atoms with van der Waals surface area (Å²) in [5.41, 5.74) is 5.68. The molecule has 2 atom stereocenters. The van der Waals surface area contributed by atoms with Gasteiger partial charge in [-0.2, -0.15) is 0 Å². The zero-order valence-electron chi connectivity index (χ0n) is 14.2. The largest absolute Gasteiger partial charge is 0.341 e. The zero-order valence-corrected chi connectivity index (χ0v) is 15.9. The molecular weight excluding hydrogens is 336 g/mol. The fourth-order valence-electron chi connectivity index (χ4n) is 3.81. The third kappa shape index (κ3) is 4.60. The molecule has 5 nitrogen and oxygen atoms in total. The number of hydrogen-bond acceptors (Lipinski definition) is 4. The molecule has 0 radical (unpaired) electrons. The molecule has 0 aromatic rings. The molecule has 136 valence electrons. The van der Waals surface area contributed by atoms with Crippen LogP contribution in [0.1, 0.15) is 52.4 Å². The predicted molar refractivity (Wildman–Crippen MR) is 95.4 cm³/mol. The Kier molecular flexibility index (Phi) is 7.81. The first-order valence-electron chi connectivity index (χ1n) is 8.59. The van der Waals surface area contributed by atoms with Crippen LogP contribution in [-0.4, -0.2) is 49.4 Å². The van der Waals surface area contributed by atoms with E-state index in [9.17, 15) is 13.2 Å². The lowest BCUT2D eigenvalue weighted by Crippen LogP contribution is -2.48. The van der Waals surface area contributed by atoms with Gasteiger partial charge in [-0.05, 0) is 37.6 Å². The summed E-state index contributed by atoms with van der Waals surface area (Å²) < 4.78 is 26.0. The van der Waals surface area contributed by atoms with Crippen LogP contribution in [0.5, 0.6) is 0 Å². The summed E-state index contributed by atoms with van der Waals surface area (Å²) in [5.74, 6) is -0.0676. The van der Waals surface area contributed by atoms with Crippen molar-refractivity contribution in [1.82, 2.24) is 4.90 Å². The predicted octanol–water partition coefficient (Wildman–Crippen LogP) is 1.99. The third-order valence-electron chi connectivity index (χ3n) is 5.15. The highest BCUT2D eigenvalue weighted by Gasteiger charge is 2.43. The Morgan fingerprint density at radius 2 is 1.78 bits per heavy atom. The molecule has 2 rings (SSSR count). The van der Waals surface area contributed by atoms with Crippen molar-refractivity contribution in [3.05, 3.63) is 0 Å². The second-order valence-electron chi connectivity index (χ2n) is 7.19. The number of hydrogen-bond donors (Lipinski definition) is 1. The van der Waals surface area contributed by atoms with Gasteiger partial charge in [-0.3, -0.25) is 4.79 Å². The van der Waals surface area contributed by atoms with E-state index in [2.05, 4.69) is 0 Å². The van der Waals surface area contributed by atoms with Crippen molar-refractivity contribution in [3.63, 3.8) is 0 Å². The lowest BCUT2D eigenvalue weighted by molar-refractivity contribution is -0.130. The van der Waals surface area contributed by atoms with E-state index in [1.807, 2.05) is 13.8 Å². The smallest absolute Gasteiger partial charge is 0.241 e. The number of likely N-dealkylation sites (tertiary alicyclic amines) is 1. The fraction of sp³-hybridized carbons (Fsp3) is 0.938. The van der Waals surface area contributed by atoms with Gasteiger partial charge in [-0.1, -0.05) is 33.1 Å². The number of carbonyl (C=O) groups excluding carboxylic acids is 1. The highest BCUT2D eigenvalue weighted by atomic mass is 35.5. The van der Waals surface area contributed by atoms with Crippen LogP contribution in [0.3, 0.4) is 0 Å². The summed E-state index contributed by atoms with van der Waals surface area (Å²) in [6.07, 6.45) is 5.34. The molecule has 1 saturated heterocycles. The molecule has 1 heterocycles. The van der Waals surface area contributed by atoms with Crippen LogP contribution in [0.2, 0.25) is 0 Å². The number of sulfone groups is 1. The Hall–Kier alpha value is -0.330. The van der Waals surface area contributed by atoms with Crippen molar-refractivity contribution < 1.29 is 13.2 Å². The number of carbonyl (C=O) groups is 1. The van der Waals surface area contributed by atoms with Crippen LogP contribution in [0.15, 0.2) is 0 Å². The van der Waals surface area contributed by atoms with Gasteiger partial charge in [0, 0.05) is 13.1 Å². The van der Waals surface area contributed by atoms with E-state index in [-0.39, 0.29) is 29.5 Å². The lowest BCUT2D eigenvalue weighted by Gasteiger charge is -2.31. The molecule has 2 unspecified atom stereocenters. The minimum absolute atomic E-state index is 0. The topological polar surface area (TPSA) is 80.5 Å². The van der Waals surface area contributed by atoms with Gasteiger partial charge in [0.15, 0.2) is 9.84 Å². The van der Waals surface area contributed by atoms with Crippen molar-refractivity contribution >= 4 is 28.2 Å². The van der Waals surface area contributed by atoms with Gasteiger partial charge < -0.3 is 10.6 Å². The summed E-state index contributed by atoms with van der Waals surface area (Å²) in [5, 5.41) is -1.21. The summed E-state index contributed by atoms with van der Waals surface area (Å²) in [6.45, 7) is 5.51.